The van der Waals surface area contributed by atoms with E-state index in [0.717, 1.165) is 0 Å². The molecule has 0 saturated heterocycles. The van der Waals surface area contributed by atoms with Gasteiger partial charge in [-0.15, -0.1) is 0 Å². The number of hydrogen-bond donors (Lipinski definition) is 1. The second-order valence-electron chi connectivity index (χ2n) is 6.30. The minimum Gasteiger partial charge on any atom is -0.467 e. The van der Waals surface area contributed by atoms with Crippen LogP contribution in [0, 0.1) is 24.1 Å². The lowest BCUT2D eigenvalue weighted by atomic mass is 9.98. The van der Waals surface area contributed by atoms with Gasteiger partial charge in [0.2, 0.25) is 0 Å². The van der Waals surface area contributed by atoms with E-state index in [-0.39, 0.29) is 12.0 Å². The van der Waals surface area contributed by atoms with Crippen molar-refractivity contribution in [3.05, 3.63) is 34.6 Å². The van der Waals surface area contributed by atoms with Crippen molar-refractivity contribution in [1.29, 1.82) is 5.26 Å². The molecular weight excluding hydrogens is 315 g/mol. The number of carbonyl (C=O) groups is 2. The van der Waals surface area contributed by atoms with Crippen LogP contribution in [-0.2, 0) is 20.7 Å². The molecule has 130 valence electrons. The first-order chi connectivity index (χ1) is 11.1. The maximum absolute atomic E-state index is 13.8. The van der Waals surface area contributed by atoms with Gasteiger partial charge >= 0.3 is 12.1 Å². The molecule has 0 aromatic heterocycles. The summed E-state index contributed by atoms with van der Waals surface area (Å²) in [4.78, 5) is 23.8. The van der Waals surface area contributed by atoms with Gasteiger partial charge in [-0.25, -0.2) is 14.0 Å². The number of methoxy groups -OCH3 is 1. The summed E-state index contributed by atoms with van der Waals surface area (Å²) < 4.78 is 23.6. The Kier molecular flexibility index (Phi) is 6.29. The summed E-state index contributed by atoms with van der Waals surface area (Å²) in [6.45, 7) is 6.77. The molecule has 1 aromatic rings. The van der Waals surface area contributed by atoms with Crippen LogP contribution in [0.5, 0.6) is 0 Å². The number of ether oxygens (including phenoxy) is 2. The third-order valence-corrected chi connectivity index (χ3v) is 3.15. The standard InChI is InChI=1S/C17H21FN2O4/c1-10-6-12(9-19)13(18)7-11(10)8-14(15(21)23-5)20-16(22)24-17(2,3)4/h6-7,14H,8H2,1-5H3,(H,20,22)/t14-/m1/s1. The molecule has 1 rings (SSSR count). The summed E-state index contributed by atoms with van der Waals surface area (Å²) >= 11 is 0. The van der Waals surface area contributed by atoms with Gasteiger partial charge in [-0.3, -0.25) is 0 Å². The predicted molar refractivity (Wildman–Crippen MR) is 84.7 cm³/mol. The molecule has 7 heteroatoms. The summed E-state index contributed by atoms with van der Waals surface area (Å²) in [5, 5.41) is 11.3. The third-order valence-electron chi connectivity index (χ3n) is 3.15. The molecule has 0 aliphatic rings. The second kappa shape index (κ2) is 7.77. The Hall–Kier alpha value is -2.62. The summed E-state index contributed by atoms with van der Waals surface area (Å²) in [5.41, 5.74) is 0.318. The van der Waals surface area contributed by atoms with E-state index in [9.17, 15) is 14.0 Å². The molecule has 1 aromatic carbocycles. The lowest BCUT2D eigenvalue weighted by Gasteiger charge is -2.23. The van der Waals surface area contributed by atoms with Crippen LogP contribution >= 0.6 is 0 Å². The van der Waals surface area contributed by atoms with Crippen LogP contribution in [0.4, 0.5) is 9.18 Å². The lowest BCUT2D eigenvalue weighted by Crippen LogP contribution is -2.45. The first kappa shape index (κ1) is 19.4. The smallest absolute Gasteiger partial charge is 0.408 e. The van der Waals surface area contributed by atoms with Crippen LogP contribution in [0.2, 0.25) is 0 Å². The normalized spacial score (nSPS) is 12.0. The van der Waals surface area contributed by atoms with Gasteiger partial charge in [0.05, 0.1) is 12.7 Å². The number of aryl methyl sites for hydroxylation is 1. The number of esters is 1. The molecule has 0 spiro atoms. The maximum atomic E-state index is 13.8. The maximum Gasteiger partial charge on any atom is 0.408 e. The highest BCUT2D eigenvalue weighted by atomic mass is 19.1. The number of nitrogens with zero attached hydrogens (tertiary/aromatic N) is 1. The molecule has 1 atom stereocenters. The monoisotopic (exact) mass is 336 g/mol. The van der Waals surface area contributed by atoms with Crippen LogP contribution in [0.25, 0.3) is 0 Å². The minimum atomic E-state index is -1.03. The van der Waals surface area contributed by atoms with E-state index < -0.39 is 29.5 Å². The average molecular weight is 336 g/mol. The first-order valence-electron chi connectivity index (χ1n) is 7.34. The van der Waals surface area contributed by atoms with Crippen LogP contribution in [0.3, 0.4) is 0 Å². The van der Waals surface area contributed by atoms with Crippen LogP contribution in [0.1, 0.15) is 37.5 Å². The highest BCUT2D eigenvalue weighted by Crippen LogP contribution is 2.17. The van der Waals surface area contributed by atoms with Crippen LogP contribution in [-0.4, -0.2) is 30.8 Å². The summed E-state index contributed by atoms with van der Waals surface area (Å²) in [7, 11) is 1.19. The van der Waals surface area contributed by atoms with Gasteiger partial charge in [-0.05, 0) is 51.0 Å². The van der Waals surface area contributed by atoms with Crippen molar-refractivity contribution in [1.82, 2.24) is 5.32 Å². The van der Waals surface area contributed by atoms with Crippen LogP contribution in [0.15, 0.2) is 12.1 Å². The van der Waals surface area contributed by atoms with Crippen molar-refractivity contribution in [2.75, 3.05) is 7.11 Å². The zero-order valence-corrected chi connectivity index (χ0v) is 14.4. The minimum absolute atomic E-state index is 0.0143. The van der Waals surface area contributed by atoms with E-state index in [0.29, 0.717) is 11.1 Å². The molecular formula is C17H21FN2O4. The summed E-state index contributed by atoms with van der Waals surface area (Å²) in [6.07, 6.45) is -0.759. The molecule has 0 unspecified atom stereocenters. The molecule has 1 amide bonds. The molecule has 0 aliphatic carbocycles. The lowest BCUT2D eigenvalue weighted by molar-refractivity contribution is -0.143. The number of nitriles is 1. The number of nitrogens with one attached hydrogen (secondary N) is 1. The first-order valence-corrected chi connectivity index (χ1v) is 7.34. The Bertz CT molecular complexity index is 674. The molecule has 24 heavy (non-hydrogen) atoms. The number of carbonyl (C=O) groups excluding carboxylic acids is 2. The van der Waals surface area contributed by atoms with Gasteiger partial charge in [0.1, 0.15) is 23.5 Å². The van der Waals surface area contributed by atoms with Gasteiger partial charge in [-0.2, -0.15) is 5.26 Å². The van der Waals surface area contributed by atoms with E-state index in [1.54, 1.807) is 33.8 Å². The number of amides is 1. The molecule has 0 aliphatic heterocycles. The fourth-order valence-electron chi connectivity index (χ4n) is 2.03. The van der Waals surface area contributed by atoms with Crippen molar-refractivity contribution in [3.8, 4) is 6.07 Å². The SMILES string of the molecule is COC(=O)[C@@H](Cc1cc(F)c(C#N)cc1C)NC(=O)OC(C)(C)C. The number of benzene rings is 1. The average Bonchev–Trinajstić information content (AvgIpc) is 2.46. The second-order valence-corrected chi connectivity index (χ2v) is 6.30. The molecule has 0 radical (unpaired) electrons. The molecule has 0 heterocycles. The van der Waals surface area contributed by atoms with E-state index in [4.69, 9.17) is 10.00 Å². The number of alkyl carbamates (subject to hydrolysis) is 1. The molecule has 1 N–H and O–H groups in total. The topological polar surface area (TPSA) is 88.4 Å². The Balaban J connectivity index is 3.00. The van der Waals surface area contributed by atoms with Gasteiger partial charge in [0, 0.05) is 6.42 Å². The molecule has 0 bridgehead atoms. The number of halogens is 1. The molecule has 0 saturated carbocycles. The van der Waals surface area contributed by atoms with Crippen molar-refractivity contribution < 1.29 is 23.5 Å². The zero-order valence-electron chi connectivity index (χ0n) is 14.4. The number of rotatable bonds is 4. The highest BCUT2D eigenvalue weighted by molar-refractivity contribution is 5.81. The van der Waals surface area contributed by atoms with E-state index in [1.807, 2.05) is 0 Å². The third kappa shape index (κ3) is 5.54. The van der Waals surface area contributed by atoms with E-state index in [1.165, 1.54) is 19.2 Å². The van der Waals surface area contributed by atoms with Crippen molar-refractivity contribution in [2.45, 2.75) is 45.8 Å². The zero-order chi connectivity index (χ0) is 18.5. The molecule has 6 nitrogen and oxygen atoms in total. The van der Waals surface area contributed by atoms with Crippen LogP contribution < -0.4 is 5.32 Å². The van der Waals surface area contributed by atoms with Gasteiger partial charge in [0.15, 0.2) is 0 Å². The fraction of sp³-hybridized carbons (Fsp3) is 0.471. The van der Waals surface area contributed by atoms with E-state index >= 15 is 0 Å². The van der Waals surface area contributed by atoms with Gasteiger partial charge in [-0.1, -0.05) is 0 Å². The predicted octanol–water partition coefficient (Wildman–Crippen LogP) is 2.61. The highest BCUT2D eigenvalue weighted by Gasteiger charge is 2.26. The Morgan fingerprint density at radius 2 is 2.00 bits per heavy atom. The van der Waals surface area contributed by atoms with Crippen molar-refractivity contribution in [2.24, 2.45) is 0 Å². The Morgan fingerprint density at radius 1 is 1.38 bits per heavy atom. The van der Waals surface area contributed by atoms with Crippen molar-refractivity contribution in [3.63, 3.8) is 0 Å². The Morgan fingerprint density at radius 3 is 2.50 bits per heavy atom. The molecule has 0 fully saturated rings. The van der Waals surface area contributed by atoms with Crippen molar-refractivity contribution >= 4 is 12.1 Å². The van der Waals surface area contributed by atoms with Gasteiger partial charge < -0.3 is 14.8 Å². The van der Waals surface area contributed by atoms with Gasteiger partial charge in [0.25, 0.3) is 0 Å². The Labute approximate surface area is 140 Å². The summed E-state index contributed by atoms with van der Waals surface area (Å²) in [6, 6.07) is 3.30. The largest absolute Gasteiger partial charge is 0.467 e. The summed E-state index contributed by atoms with van der Waals surface area (Å²) in [5.74, 6) is -1.36. The quantitative estimate of drug-likeness (QED) is 0.854. The number of hydrogen-bond acceptors (Lipinski definition) is 5. The van der Waals surface area contributed by atoms with E-state index in [2.05, 4.69) is 10.1 Å². The fourth-order valence-corrected chi connectivity index (χ4v) is 2.03.